The van der Waals surface area contributed by atoms with Gasteiger partial charge in [-0.3, -0.25) is 4.79 Å². The van der Waals surface area contributed by atoms with Crippen molar-refractivity contribution in [3.8, 4) is 0 Å². The summed E-state index contributed by atoms with van der Waals surface area (Å²) in [6.07, 6.45) is 0. The van der Waals surface area contributed by atoms with Crippen LogP contribution in [0.1, 0.15) is 26.1 Å². The Morgan fingerprint density at radius 1 is 1.12 bits per heavy atom. The molecule has 1 aliphatic heterocycles. The lowest BCUT2D eigenvalue weighted by molar-refractivity contribution is 0.0664. The van der Waals surface area contributed by atoms with Crippen LogP contribution >= 0.6 is 11.3 Å². The van der Waals surface area contributed by atoms with Gasteiger partial charge in [0.2, 0.25) is 10.0 Å². The van der Waals surface area contributed by atoms with Crippen molar-refractivity contribution in [3.05, 3.63) is 39.5 Å². The molecule has 130 valence electrons. The molecule has 0 unspecified atom stereocenters. The molecular formula is C16H20N2O4S2. The molecule has 0 radical (unpaired) electrons. The van der Waals surface area contributed by atoms with Crippen LogP contribution in [-0.4, -0.2) is 49.7 Å². The van der Waals surface area contributed by atoms with Gasteiger partial charge in [0.1, 0.15) is 5.76 Å². The van der Waals surface area contributed by atoms with Gasteiger partial charge in [-0.15, -0.1) is 11.3 Å². The van der Waals surface area contributed by atoms with Crippen molar-refractivity contribution in [2.24, 2.45) is 0 Å². The highest BCUT2D eigenvalue weighted by atomic mass is 32.2. The van der Waals surface area contributed by atoms with Gasteiger partial charge in [0.15, 0.2) is 5.76 Å². The molecule has 2 aromatic heterocycles. The summed E-state index contributed by atoms with van der Waals surface area (Å²) < 4.78 is 32.4. The number of carbonyl (C=O) groups is 1. The first kappa shape index (κ1) is 17.2. The summed E-state index contributed by atoms with van der Waals surface area (Å²) in [5, 5.41) is 0. The van der Waals surface area contributed by atoms with Gasteiger partial charge < -0.3 is 9.32 Å². The smallest absolute Gasteiger partial charge is 0.289 e. The number of hydrogen-bond donors (Lipinski definition) is 0. The minimum atomic E-state index is -3.50. The quantitative estimate of drug-likeness (QED) is 0.834. The second-order valence-electron chi connectivity index (χ2n) is 5.88. The van der Waals surface area contributed by atoms with E-state index in [4.69, 9.17) is 4.42 Å². The second-order valence-corrected chi connectivity index (χ2v) is 9.25. The van der Waals surface area contributed by atoms with Crippen LogP contribution in [0.2, 0.25) is 0 Å². The SMILES string of the molecule is Cc1ccc(C(=O)N2CCN(S(=O)(=O)c3cc(C)sc3C)CC2)o1. The van der Waals surface area contributed by atoms with Gasteiger partial charge in [0.05, 0.1) is 4.90 Å². The van der Waals surface area contributed by atoms with Gasteiger partial charge in [-0.1, -0.05) is 0 Å². The van der Waals surface area contributed by atoms with Crippen molar-refractivity contribution >= 4 is 27.3 Å². The zero-order chi connectivity index (χ0) is 17.5. The molecule has 3 heterocycles. The third-order valence-electron chi connectivity index (χ3n) is 4.09. The molecule has 0 spiro atoms. The zero-order valence-electron chi connectivity index (χ0n) is 13.9. The van der Waals surface area contributed by atoms with Crippen molar-refractivity contribution in [2.45, 2.75) is 25.7 Å². The van der Waals surface area contributed by atoms with E-state index in [1.54, 1.807) is 30.0 Å². The molecule has 1 aliphatic rings. The number of amides is 1. The van der Waals surface area contributed by atoms with E-state index in [1.807, 2.05) is 13.8 Å². The highest BCUT2D eigenvalue weighted by Gasteiger charge is 2.32. The number of furan rings is 1. The molecule has 0 saturated carbocycles. The summed E-state index contributed by atoms with van der Waals surface area (Å²) >= 11 is 1.48. The Hall–Kier alpha value is -1.64. The fourth-order valence-corrected chi connectivity index (χ4v) is 5.79. The summed E-state index contributed by atoms with van der Waals surface area (Å²) in [4.78, 5) is 16.2. The van der Waals surface area contributed by atoms with Crippen LogP contribution in [0.15, 0.2) is 27.5 Å². The summed E-state index contributed by atoms with van der Waals surface area (Å²) in [6.45, 7) is 6.82. The Morgan fingerprint density at radius 3 is 2.29 bits per heavy atom. The number of hydrogen-bond acceptors (Lipinski definition) is 5. The number of nitrogens with zero attached hydrogens (tertiary/aromatic N) is 2. The largest absolute Gasteiger partial charge is 0.456 e. The van der Waals surface area contributed by atoms with E-state index < -0.39 is 10.0 Å². The molecule has 1 amide bonds. The van der Waals surface area contributed by atoms with E-state index in [0.29, 0.717) is 42.6 Å². The van der Waals surface area contributed by atoms with Crippen molar-refractivity contribution in [2.75, 3.05) is 26.2 Å². The molecule has 0 aromatic carbocycles. The molecule has 0 atom stereocenters. The molecule has 0 aliphatic carbocycles. The van der Waals surface area contributed by atoms with Crippen LogP contribution in [0.5, 0.6) is 0 Å². The van der Waals surface area contributed by atoms with Crippen LogP contribution in [0.25, 0.3) is 0 Å². The minimum Gasteiger partial charge on any atom is -0.456 e. The first-order chi connectivity index (χ1) is 11.3. The van der Waals surface area contributed by atoms with Gasteiger partial charge >= 0.3 is 0 Å². The zero-order valence-corrected chi connectivity index (χ0v) is 15.5. The Balaban J connectivity index is 1.71. The molecule has 1 fully saturated rings. The Kier molecular flexibility index (Phi) is 4.54. The van der Waals surface area contributed by atoms with Crippen molar-refractivity contribution < 1.29 is 17.6 Å². The van der Waals surface area contributed by atoms with Gasteiger partial charge in [0.25, 0.3) is 5.91 Å². The summed E-state index contributed by atoms with van der Waals surface area (Å²) in [7, 11) is -3.50. The second kappa shape index (κ2) is 6.34. The van der Waals surface area contributed by atoms with E-state index in [9.17, 15) is 13.2 Å². The van der Waals surface area contributed by atoms with Crippen LogP contribution in [0, 0.1) is 20.8 Å². The third kappa shape index (κ3) is 3.13. The lowest BCUT2D eigenvalue weighted by Crippen LogP contribution is -2.50. The van der Waals surface area contributed by atoms with Gasteiger partial charge in [-0.2, -0.15) is 4.31 Å². The lowest BCUT2D eigenvalue weighted by atomic mass is 10.3. The summed E-state index contributed by atoms with van der Waals surface area (Å²) in [6, 6.07) is 5.12. The van der Waals surface area contributed by atoms with Crippen LogP contribution in [-0.2, 0) is 10.0 Å². The molecule has 0 bridgehead atoms. The maximum absolute atomic E-state index is 12.8. The summed E-state index contributed by atoms with van der Waals surface area (Å²) in [5.74, 6) is 0.790. The Morgan fingerprint density at radius 2 is 1.79 bits per heavy atom. The predicted octanol–water partition coefficient (Wildman–Crippen LogP) is 2.41. The van der Waals surface area contributed by atoms with Gasteiger partial charge in [0, 0.05) is 35.9 Å². The van der Waals surface area contributed by atoms with Crippen molar-refractivity contribution in [1.82, 2.24) is 9.21 Å². The molecule has 24 heavy (non-hydrogen) atoms. The van der Waals surface area contributed by atoms with Gasteiger partial charge in [-0.05, 0) is 39.0 Å². The molecular weight excluding hydrogens is 348 g/mol. The first-order valence-electron chi connectivity index (χ1n) is 7.72. The molecule has 0 N–H and O–H groups in total. The van der Waals surface area contributed by atoms with E-state index in [-0.39, 0.29) is 5.91 Å². The lowest BCUT2D eigenvalue weighted by Gasteiger charge is -2.33. The van der Waals surface area contributed by atoms with Gasteiger partial charge in [-0.25, -0.2) is 8.42 Å². The molecule has 1 saturated heterocycles. The number of sulfonamides is 1. The molecule has 2 aromatic rings. The first-order valence-corrected chi connectivity index (χ1v) is 9.97. The van der Waals surface area contributed by atoms with E-state index >= 15 is 0 Å². The summed E-state index contributed by atoms with van der Waals surface area (Å²) in [5.41, 5.74) is 0. The molecule has 8 heteroatoms. The van der Waals surface area contributed by atoms with Crippen molar-refractivity contribution in [1.29, 1.82) is 0 Å². The van der Waals surface area contributed by atoms with E-state index in [0.717, 1.165) is 9.75 Å². The average molecular weight is 368 g/mol. The van der Waals surface area contributed by atoms with E-state index in [1.165, 1.54) is 15.6 Å². The fourth-order valence-electron chi connectivity index (χ4n) is 2.84. The maximum atomic E-state index is 12.8. The number of thiophene rings is 1. The molecule has 6 nitrogen and oxygen atoms in total. The third-order valence-corrected chi connectivity index (χ3v) is 7.21. The monoisotopic (exact) mass is 368 g/mol. The number of piperazine rings is 1. The highest BCUT2D eigenvalue weighted by molar-refractivity contribution is 7.89. The number of rotatable bonds is 3. The van der Waals surface area contributed by atoms with E-state index in [2.05, 4.69) is 0 Å². The standard InChI is InChI=1S/C16H20N2O4S2/c1-11-4-5-14(22-11)16(19)17-6-8-18(9-7-17)24(20,21)15-10-12(2)23-13(15)3/h4-5,10H,6-9H2,1-3H3. The minimum absolute atomic E-state index is 0.192. The predicted molar refractivity (Wildman–Crippen MR) is 91.9 cm³/mol. The number of aryl methyl sites for hydroxylation is 3. The average Bonchev–Trinajstić information content (AvgIpc) is 3.12. The van der Waals surface area contributed by atoms with Crippen molar-refractivity contribution in [3.63, 3.8) is 0 Å². The topological polar surface area (TPSA) is 70.8 Å². The highest BCUT2D eigenvalue weighted by Crippen LogP contribution is 2.28. The van der Waals surface area contributed by atoms with Crippen LogP contribution in [0.4, 0.5) is 0 Å². The normalized spacial score (nSPS) is 16.5. The number of carbonyl (C=O) groups excluding carboxylic acids is 1. The van der Waals surface area contributed by atoms with Crippen LogP contribution in [0.3, 0.4) is 0 Å². The maximum Gasteiger partial charge on any atom is 0.289 e. The Bertz CT molecular complexity index is 859. The fraction of sp³-hybridized carbons (Fsp3) is 0.438. The Labute approximate surface area is 145 Å². The molecule has 3 rings (SSSR count). The van der Waals surface area contributed by atoms with Crippen LogP contribution < -0.4 is 0 Å².